The van der Waals surface area contributed by atoms with E-state index < -0.39 is 0 Å². The molecule has 2 aromatic rings. The van der Waals surface area contributed by atoms with Gasteiger partial charge in [-0.15, -0.1) is 0 Å². The largest absolute Gasteiger partial charge is 0.411 e. The predicted molar refractivity (Wildman–Crippen MR) is 80.9 cm³/mol. The minimum atomic E-state index is 0.509. The molecule has 0 amide bonds. The third-order valence-electron chi connectivity index (χ3n) is 3.47. The molecule has 20 heavy (non-hydrogen) atoms. The van der Waals surface area contributed by atoms with E-state index >= 15 is 0 Å². The fourth-order valence-corrected chi connectivity index (χ4v) is 2.41. The number of aryl methyl sites for hydroxylation is 3. The average molecular weight is 271 g/mol. The normalized spacial score (nSPS) is 10.6. The Bertz CT molecular complexity index is 582. The number of nitrogens with zero attached hydrogens (tertiary/aromatic N) is 1. The molecular weight excluding hydrogens is 250 g/mol. The summed E-state index contributed by atoms with van der Waals surface area (Å²) in [4.78, 5) is 10.8. The van der Waals surface area contributed by atoms with Gasteiger partial charge in [0.1, 0.15) is 0 Å². The SMILES string of the molecule is CCCCn1cc(C)c(-c2ccc(C)cc2)c1OC=O. The molecule has 0 fully saturated rings. The Morgan fingerprint density at radius 2 is 1.90 bits per heavy atom. The van der Waals surface area contributed by atoms with Gasteiger partial charge in [-0.3, -0.25) is 4.79 Å². The number of benzene rings is 1. The van der Waals surface area contributed by atoms with Crippen LogP contribution in [0, 0.1) is 13.8 Å². The Kier molecular flexibility index (Phi) is 4.61. The molecule has 0 saturated heterocycles. The Morgan fingerprint density at radius 3 is 2.50 bits per heavy atom. The molecule has 3 nitrogen and oxygen atoms in total. The lowest BCUT2D eigenvalue weighted by molar-refractivity contribution is -0.121. The maximum atomic E-state index is 10.8. The number of hydrogen-bond acceptors (Lipinski definition) is 2. The van der Waals surface area contributed by atoms with E-state index in [9.17, 15) is 4.79 Å². The molecular formula is C17H21NO2. The van der Waals surface area contributed by atoms with Crippen LogP contribution in [-0.2, 0) is 11.3 Å². The van der Waals surface area contributed by atoms with Crippen LogP contribution in [0.5, 0.6) is 5.88 Å². The second kappa shape index (κ2) is 6.42. The Labute approximate surface area is 120 Å². The highest BCUT2D eigenvalue weighted by Gasteiger charge is 2.16. The van der Waals surface area contributed by atoms with Crippen LogP contribution in [0.2, 0.25) is 0 Å². The fraction of sp³-hybridized carbons (Fsp3) is 0.353. The number of hydrogen-bond donors (Lipinski definition) is 0. The molecule has 0 bridgehead atoms. The summed E-state index contributed by atoms with van der Waals surface area (Å²) in [5.74, 6) is 0.648. The summed E-state index contributed by atoms with van der Waals surface area (Å²) in [6.45, 7) is 7.64. The maximum absolute atomic E-state index is 10.8. The van der Waals surface area contributed by atoms with E-state index in [1.165, 1.54) is 5.56 Å². The van der Waals surface area contributed by atoms with E-state index in [0.717, 1.165) is 36.1 Å². The van der Waals surface area contributed by atoms with Crippen LogP contribution in [0.3, 0.4) is 0 Å². The molecule has 0 aliphatic rings. The first-order valence-electron chi connectivity index (χ1n) is 7.04. The van der Waals surface area contributed by atoms with Gasteiger partial charge in [-0.25, -0.2) is 0 Å². The van der Waals surface area contributed by atoms with Crippen LogP contribution in [0.1, 0.15) is 30.9 Å². The standard InChI is InChI=1S/C17H21NO2/c1-4-5-10-18-11-14(3)16(17(18)20-12-19)15-8-6-13(2)7-9-15/h6-9,11-12H,4-5,10H2,1-3H3. The summed E-state index contributed by atoms with van der Waals surface area (Å²) in [6, 6.07) is 8.28. The zero-order valence-corrected chi connectivity index (χ0v) is 12.3. The average Bonchev–Trinajstić information content (AvgIpc) is 2.74. The van der Waals surface area contributed by atoms with Gasteiger partial charge in [0.25, 0.3) is 6.47 Å². The number of carbonyl (C=O) groups excluding carboxylic acids is 1. The Hall–Kier alpha value is -2.03. The molecule has 1 heterocycles. The molecule has 106 valence electrons. The van der Waals surface area contributed by atoms with E-state index in [2.05, 4.69) is 51.2 Å². The van der Waals surface area contributed by atoms with Gasteiger partial charge in [-0.05, 0) is 31.4 Å². The lowest BCUT2D eigenvalue weighted by Crippen LogP contribution is -2.01. The summed E-state index contributed by atoms with van der Waals surface area (Å²) in [5.41, 5.74) is 4.44. The molecule has 2 rings (SSSR count). The molecule has 0 atom stereocenters. The minimum Gasteiger partial charge on any atom is -0.411 e. The monoisotopic (exact) mass is 271 g/mol. The minimum absolute atomic E-state index is 0.509. The smallest absolute Gasteiger partial charge is 0.299 e. The van der Waals surface area contributed by atoms with Crippen LogP contribution >= 0.6 is 0 Å². The topological polar surface area (TPSA) is 31.2 Å². The Balaban J connectivity index is 2.47. The molecule has 1 aromatic carbocycles. The number of rotatable bonds is 6. The van der Waals surface area contributed by atoms with Crippen molar-refractivity contribution in [3.05, 3.63) is 41.6 Å². The van der Waals surface area contributed by atoms with Gasteiger partial charge >= 0.3 is 0 Å². The highest BCUT2D eigenvalue weighted by molar-refractivity contribution is 5.74. The lowest BCUT2D eigenvalue weighted by Gasteiger charge is -2.09. The van der Waals surface area contributed by atoms with Gasteiger partial charge in [0, 0.05) is 18.3 Å². The van der Waals surface area contributed by atoms with Crippen molar-refractivity contribution in [3.63, 3.8) is 0 Å². The lowest BCUT2D eigenvalue weighted by atomic mass is 10.0. The van der Waals surface area contributed by atoms with Crippen molar-refractivity contribution >= 4 is 6.47 Å². The molecule has 0 aliphatic carbocycles. The van der Waals surface area contributed by atoms with Gasteiger partial charge in [0.2, 0.25) is 5.88 Å². The van der Waals surface area contributed by atoms with Crippen molar-refractivity contribution in [1.82, 2.24) is 4.57 Å². The summed E-state index contributed by atoms with van der Waals surface area (Å²) >= 11 is 0. The van der Waals surface area contributed by atoms with Gasteiger partial charge < -0.3 is 9.30 Å². The summed E-state index contributed by atoms with van der Waals surface area (Å²) in [5, 5.41) is 0. The van der Waals surface area contributed by atoms with Gasteiger partial charge in [0.15, 0.2) is 0 Å². The van der Waals surface area contributed by atoms with Gasteiger partial charge in [-0.2, -0.15) is 0 Å². The predicted octanol–water partition coefficient (Wildman–Crippen LogP) is 4.11. The van der Waals surface area contributed by atoms with Crippen LogP contribution in [-0.4, -0.2) is 11.0 Å². The first kappa shape index (κ1) is 14.4. The molecule has 0 N–H and O–H groups in total. The zero-order valence-electron chi connectivity index (χ0n) is 12.3. The molecule has 1 aromatic heterocycles. The number of ether oxygens (including phenoxy) is 1. The van der Waals surface area contributed by atoms with Crippen LogP contribution in [0.4, 0.5) is 0 Å². The van der Waals surface area contributed by atoms with E-state index in [0.29, 0.717) is 12.4 Å². The van der Waals surface area contributed by atoms with Crippen LogP contribution in [0.25, 0.3) is 11.1 Å². The van der Waals surface area contributed by atoms with E-state index in [1.807, 2.05) is 4.57 Å². The second-order valence-corrected chi connectivity index (χ2v) is 5.12. The molecule has 0 radical (unpaired) electrons. The quantitative estimate of drug-likeness (QED) is 0.740. The van der Waals surface area contributed by atoms with Crippen molar-refractivity contribution in [2.24, 2.45) is 0 Å². The van der Waals surface area contributed by atoms with Gasteiger partial charge in [0.05, 0.1) is 0 Å². The van der Waals surface area contributed by atoms with Crippen molar-refractivity contribution in [3.8, 4) is 17.0 Å². The first-order valence-corrected chi connectivity index (χ1v) is 7.04. The van der Waals surface area contributed by atoms with E-state index in [1.54, 1.807) is 0 Å². The fourth-order valence-electron chi connectivity index (χ4n) is 2.41. The van der Waals surface area contributed by atoms with E-state index in [4.69, 9.17) is 4.74 Å². The third-order valence-corrected chi connectivity index (χ3v) is 3.47. The van der Waals surface area contributed by atoms with Crippen LogP contribution in [0.15, 0.2) is 30.5 Å². The molecule has 0 spiro atoms. The number of aromatic nitrogens is 1. The highest BCUT2D eigenvalue weighted by Crippen LogP contribution is 2.35. The number of carbonyl (C=O) groups is 1. The molecule has 0 saturated carbocycles. The first-order chi connectivity index (χ1) is 9.67. The molecule has 0 unspecified atom stereocenters. The van der Waals surface area contributed by atoms with E-state index in [-0.39, 0.29) is 0 Å². The van der Waals surface area contributed by atoms with Crippen molar-refractivity contribution in [2.75, 3.05) is 0 Å². The molecule has 0 aliphatic heterocycles. The summed E-state index contributed by atoms with van der Waals surface area (Å²) < 4.78 is 7.28. The number of unbranched alkanes of at least 4 members (excludes halogenated alkanes) is 1. The highest BCUT2D eigenvalue weighted by atomic mass is 16.5. The second-order valence-electron chi connectivity index (χ2n) is 5.12. The van der Waals surface area contributed by atoms with Crippen molar-refractivity contribution in [1.29, 1.82) is 0 Å². The van der Waals surface area contributed by atoms with Crippen molar-refractivity contribution in [2.45, 2.75) is 40.2 Å². The summed E-state index contributed by atoms with van der Waals surface area (Å²) in [6.07, 6.45) is 4.23. The zero-order chi connectivity index (χ0) is 14.5. The molecule has 3 heteroatoms. The van der Waals surface area contributed by atoms with Gasteiger partial charge in [-0.1, -0.05) is 43.2 Å². The van der Waals surface area contributed by atoms with Crippen molar-refractivity contribution < 1.29 is 9.53 Å². The Morgan fingerprint density at radius 1 is 1.20 bits per heavy atom. The summed E-state index contributed by atoms with van der Waals surface area (Å²) in [7, 11) is 0. The third kappa shape index (κ3) is 2.93. The van der Waals surface area contributed by atoms with Crippen LogP contribution < -0.4 is 4.74 Å². The maximum Gasteiger partial charge on any atom is 0.299 e.